The number of morpholine rings is 1. The van der Waals surface area contributed by atoms with Crippen molar-refractivity contribution < 1.29 is 27.9 Å². The van der Waals surface area contributed by atoms with Crippen molar-refractivity contribution in [3.63, 3.8) is 0 Å². The first-order valence-corrected chi connectivity index (χ1v) is 11.4. The molecular weight excluding hydrogens is 396 g/mol. The van der Waals surface area contributed by atoms with E-state index in [9.17, 15) is 23.1 Å². The SMILES string of the molecule is CC1CN(S(=O)(=O)c2ccc(C(=O)NC3(C(=O)O)CCCCC3)cc2)CC(C)O1. The number of amides is 1. The number of sulfonamides is 1. The summed E-state index contributed by atoms with van der Waals surface area (Å²) >= 11 is 0. The van der Waals surface area contributed by atoms with Gasteiger partial charge in [-0.1, -0.05) is 19.3 Å². The number of hydrogen-bond acceptors (Lipinski definition) is 5. The minimum atomic E-state index is -3.70. The zero-order chi connectivity index (χ0) is 21.2. The number of carboxylic acid groups (broad SMARTS) is 1. The van der Waals surface area contributed by atoms with Crippen LogP contribution >= 0.6 is 0 Å². The Hall–Kier alpha value is -1.97. The van der Waals surface area contributed by atoms with E-state index in [4.69, 9.17) is 4.74 Å². The summed E-state index contributed by atoms with van der Waals surface area (Å²) in [6.07, 6.45) is 2.86. The minimum absolute atomic E-state index is 0.0981. The molecule has 0 bridgehead atoms. The number of carbonyl (C=O) groups excluding carboxylic acids is 1. The second-order valence-electron chi connectivity index (χ2n) is 8.01. The lowest BCUT2D eigenvalue weighted by molar-refractivity contribution is -0.145. The van der Waals surface area contributed by atoms with Crippen molar-refractivity contribution in [2.24, 2.45) is 0 Å². The molecule has 160 valence electrons. The van der Waals surface area contributed by atoms with E-state index in [0.29, 0.717) is 12.8 Å². The predicted octanol–water partition coefficient (Wildman–Crippen LogP) is 2.00. The van der Waals surface area contributed by atoms with Gasteiger partial charge in [-0.25, -0.2) is 13.2 Å². The number of nitrogens with zero attached hydrogens (tertiary/aromatic N) is 1. The van der Waals surface area contributed by atoms with Crippen LogP contribution in [0.4, 0.5) is 0 Å². The molecule has 0 spiro atoms. The van der Waals surface area contributed by atoms with Gasteiger partial charge in [-0.2, -0.15) is 4.31 Å². The molecule has 0 aromatic heterocycles. The van der Waals surface area contributed by atoms with Crippen LogP contribution in [0, 0.1) is 0 Å². The molecule has 8 nitrogen and oxygen atoms in total. The van der Waals surface area contributed by atoms with Gasteiger partial charge in [-0.15, -0.1) is 0 Å². The second kappa shape index (κ2) is 8.41. The summed E-state index contributed by atoms with van der Waals surface area (Å²) in [5, 5.41) is 12.3. The Morgan fingerprint density at radius 2 is 1.62 bits per heavy atom. The van der Waals surface area contributed by atoms with Gasteiger partial charge in [0.25, 0.3) is 5.91 Å². The van der Waals surface area contributed by atoms with E-state index in [1.54, 1.807) is 0 Å². The van der Waals surface area contributed by atoms with Crippen LogP contribution in [0.5, 0.6) is 0 Å². The van der Waals surface area contributed by atoms with Crippen molar-refractivity contribution >= 4 is 21.9 Å². The van der Waals surface area contributed by atoms with Crippen molar-refractivity contribution in [1.29, 1.82) is 0 Å². The van der Waals surface area contributed by atoms with E-state index < -0.39 is 27.4 Å². The van der Waals surface area contributed by atoms with Gasteiger partial charge >= 0.3 is 5.97 Å². The molecule has 2 unspecified atom stereocenters. The number of benzene rings is 1. The Bertz CT molecular complexity index is 851. The lowest BCUT2D eigenvalue weighted by Crippen LogP contribution is -2.55. The monoisotopic (exact) mass is 424 g/mol. The molecule has 9 heteroatoms. The van der Waals surface area contributed by atoms with Crippen LogP contribution in [-0.4, -0.2) is 60.5 Å². The Kier molecular flexibility index (Phi) is 6.30. The summed E-state index contributed by atoms with van der Waals surface area (Å²) in [5.74, 6) is -1.54. The molecule has 1 aromatic rings. The van der Waals surface area contributed by atoms with Gasteiger partial charge in [-0.05, 0) is 51.0 Å². The first kappa shape index (κ1) is 21.7. The number of hydrogen-bond donors (Lipinski definition) is 2. The van der Waals surface area contributed by atoms with Crippen LogP contribution in [0.15, 0.2) is 29.2 Å². The fraction of sp³-hybridized carbons (Fsp3) is 0.600. The van der Waals surface area contributed by atoms with E-state index in [-0.39, 0.29) is 35.8 Å². The van der Waals surface area contributed by atoms with Crippen molar-refractivity contribution in [1.82, 2.24) is 9.62 Å². The zero-order valence-electron chi connectivity index (χ0n) is 16.8. The Labute approximate surface area is 171 Å². The highest BCUT2D eigenvalue weighted by atomic mass is 32.2. The lowest BCUT2D eigenvalue weighted by Gasteiger charge is -2.34. The van der Waals surface area contributed by atoms with Crippen molar-refractivity contribution in [2.45, 2.75) is 68.6 Å². The molecule has 2 aliphatic rings. The highest BCUT2D eigenvalue weighted by Gasteiger charge is 2.41. The summed E-state index contributed by atoms with van der Waals surface area (Å²) in [5.41, 5.74) is -1.01. The molecule has 1 heterocycles. The summed E-state index contributed by atoms with van der Waals surface area (Å²) in [7, 11) is -3.70. The molecule has 1 amide bonds. The van der Waals surface area contributed by atoms with Crippen LogP contribution < -0.4 is 5.32 Å². The van der Waals surface area contributed by atoms with E-state index >= 15 is 0 Å². The molecule has 1 aliphatic carbocycles. The number of aliphatic carboxylic acids is 1. The third-order valence-corrected chi connectivity index (χ3v) is 7.46. The van der Waals surface area contributed by atoms with Crippen LogP contribution in [0.1, 0.15) is 56.3 Å². The minimum Gasteiger partial charge on any atom is -0.480 e. The topological polar surface area (TPSA) is 113 Å². The zero-order valence-corrected chi connectivity index (χ0v) is 17.6. The van der Waals surface area contributed by atoms with Crippen LogP contribution in [0.2, 0.25) is 0 Å². The van der Waals surface area contributed by atoms with E-state index in [1.165, 1.54) is 28.6 Å². The predicted molar refractivity (Wildman–Crippen MR) is 106 cm³/mol. The van der Waals surface area contributed by atoms with Gasteiger partial charge in [0.05, 0.1) is 17.1 Å². The average molecular weight is 425 g/mol. The average Bonchev–Trinajstić information content (AvgIpc) is 2.68. The molecule has 0 radical (unpaired) electrons. The van der Waals surface area contributed by atoms with Crippen LogP contribution in [0.3, 0.4) is 0 Å². The molecular formula is C20H28N2O6S. The maximum atomic E-state index is 12.9. The quantitative estimate of drug-likeness (QED) is 0.748. The molecule has 1 saturated carbocycles. The number of carbonyl (C=O) groups is 2. The third kappa shape index (κ3) is 4.62. The standard InChI is InChI=1S/C20H28N2O6S/c1-14-12-22(13-15(2)28-14)29(26,27)17-8-6-16(7-9-17)18(23)21-20(19(24)25)10-4-3-5-11-20/h6-9,14-15H,3-5,10-13H2,1-2H3,(H,21,23)(H,24,25). The smallest absolute Gasteiger partial charge is 0.329 e. The van der Waals surface area contributed by atoms with Crippen LogP contribution in [0.25, 0.3) is 0 Å². The third-order valence-electron chi connectivity index (χ3n) is 5.61. The fourth-order valence-corrected chi connectivity index (χ4v) is 5.68. The number of nitrogens with one attached hydrogen (secondary N) is 1. The van der Waals surface area contributed by atoms with E-state index in [1.807, 2.05) is 13.8 Å². The van der Waals surface area contributed by atoms with Gasteiger partial charge in [0, 0.05) is 18.7 Å². The molecule has 2 N–H and O–H groups in total. The summed E-state index contributed by atoms with van der Waals surface area (Å²) in [6.45, 7) is 4.20. The van der Waals surface area contributed by atoms with Gasteiger partial charge in [0.2, 0.25) is 10.0 Å². The molecule has 1 saturated heterocycles. The van der Waals surface area contributed by atoms with E-state index in [0.717, 1.165) is 19.3 Å². The molecule has 2 fully saturated rings. The molecule has 2 atom stereocenters. The molecule has 1 aromatic carbocycles. The maximum Gasteiger partial charge on any atom is 0.329 e. The van der Waals surface area contributed by atoms with Crippen molar-refractivity contribution in [2.75, 3.05) is 13.1 Å². The lowest BCUT2D eigenvalue weighted by atomic mass is 9.81. The summed E-state index contributed by atoms with van der Waals surface area (Å²) in [4.78, 5) is 24.5. The summed E-state index contributed by atoms with van der Waals surface area (Å²) in [6, 6.07) is 5.63. The molecule has 29 heavy (non-hydrogen) atoms. The number of ether oxygens (including phenoxy) is 1. The fourth-order valence-electron chi connectivity index (χ4n) is 4.09. The Morgan fingerprint density at radius 1 is 1.07 bits per heavy atom. The van der Waals surface area contributed by atoms with Gasteiger partial charge in [0.15, 0.2) is 0 Å². The number of rotatable bonds is 5. The van der Waals surface area contributed by atoms with Crippen molar-refractivity contribution in [3.8, 4) is 0 Å². The van der Waals surface area contributed by atoms with Gasteiger partial charge < -0.3 is 15.2 Å². The van der Waals surface area contributed by atoms with Crippen molar-refractivity contribution in [3.05, 3.63) is 29.8 Å². The summed E-state index contributed by atoms with van der Waals surface area (Å²) < 4.78 is 32.8. The van der Waals surface area contributed by atoms with E-state index in [2.05, 4.69) is 5.32 Å². The largest absolute Gasteiger partial charge is 0.480 e. The Morgan fingerprint density at radius 3 is 2.14 bits per heavy atom. The first-order valence-electron chi connectivity index (χ1n) is 9.96. The van der Waals surface area contributed by atoms with Gasteiger partial charge in [-0.3, -0.25) is 4.79 Å². The van der Waals surface area contributed by atoms with Gasteiger partial charge in [0.1, 0.15) is 5.54 Å². The molecule has 3 rings (SSSR count). The number of carboxylic acids is 1. The first-order chi connectivity index (χ1) is 13.6. The Balaban J connectivity index is 1.75. The maximum absolute atomic E-state index is 12.9. The normalized spacial score (nSPS) is 25.3. The second-order valence-corrected chi connectivity index (χ2v) is 9.94. The highest BCUT2D eigenvalue weighted by Crippen LogP contribution is 2.29. The molecule has 1 aliphatic heterocycles. The van der Waals surface area contributed by atoms with Crippen LogP contribution in [-0.2, 0) is 19.6 Å². The highest BCUT2D eigenvalue weighted by molar-refractivity contribution is 7.89.